The highest BCUT2D eigenvalue weighted by molar-refractivity contribution is 5.98. The van der Waals surface area contributed by atoms with Gasteiger partial charge in [-0.2, -0.15) is 5.10 Å². The molecule has 0 aliphatic heterocycles. The summed E-state index contributed by atoms with van der Waals surface area (Å²) in [6.45, 7) is 2.23. The molecule has 4 nitrogen and oxygen atoms in total. The van der Waals surface area contributed by atoms with E-state index in [9.17, 15) is 9.90 Å². The Morgan fingerprint density at radius 1 is 1.17 bits per heavy atom. The molecule has 1 aromatic rings. The van der Waals surface area contributed by atoms with Crippen molar-refractivity contribution in [3.8, 4) is 5.75 Å². The maximum Gasteiger partial charge on any atom is 0.275 e. The molecule has 1 amide bonds. The van der Waals surface area contributed by atoms with Crippen LogP contribution in [0.15, 0.2) is 29.4 Å². The number of aromatic hydroxyl groups is 1. The minimum atomic E-state index is -0.335. The summed E-state index contributed by atoms with van der Waals surface area (Å²) in [5.74, 6) is 3.61. The zero-order valence-electron chi connectivity index (χ0n) is 13.5. The predicted molar refractivity (Wildman–Crippen MR) is 89.2 cm³/mol. The fraction of sp³-hybridized carbons (Fsp3) is 0.579. The van der Waals surface area contributed by atoms with E-state index in [4.69, 9.17) is 0 Å². The van der Waals surface area contributed by atoms with Crippen LogP contribution in [-0.2, 0) is 0 Å². The van der Waals surface area contributed by atoms with Gasteiger partial charge in [0.15, 0.2) is 0 Å². The number of rotatable bonds is 2. The Bertz CT molecular complexity index is 655. The van der Waals surface area contributed by atoms with Crippen molar-refractivity contribution >= 4 is 11.6 Å². The standard InChI is InChI=1S/C19H24N2O2/c1-11-8-15-12-6-7-13(9-12)16(15)10-17(11)20-21-19(23)14-4-2-3-5-18(14)22/h2-5,11-13,15-16,22H,6-10H2,1H3,(H,21,23)/b20-17+/t11-,12+,13+,15+,16-/m1/s1. The molecular formula is C19H24N2O2. The number of nitrogens with one attached hydrogen (secondary N) is 1. The van der Waals surface area contributed by atoms with Gasteiger partial charge in [-0.3, -0.25) is 4.79 Å². The number of para-hydroxylation sites is 1. The Morgan fingerprint density at radius 2 is 1.91 bits per heavy atom. The van der Waals surface area contributed by atoms with E-state index in [0.717, 1.165) is 35.8 Å². The summed E-state index contributed by atoms with van der Waals surface area (Å²) in [5, 5.41) is 14.2. The van der Waals surface area contributed by atoms with E-state index in [1.807, 2.05) is 0 Å². The molecule has 2 bridgehead atoms. The third kappa shape index (κ3) is 2.54. The smallest absolute Gasteiger partial charge is 0.275 e. The minimum absolute atomic E-state index is 0.00457. The predicted octanol–water partition coefficient (Wildman–Crippen LogP) is 3.57. The normalized spacial score (nSPS) is 36.9. The molecule has 3 saturated carbocycles. The molecule has 4 rings (SSSR count). The third-order valence-corrected chi connectivity index (χ3v) is 6.36. The van der Waals surface area contributed by atoms with E-state index in [1.165, 1.54) is 31.7 Å². The summed E-state index contributed by atoms with van der Waals surface area (Å²) in [6, 6.07) is 6.58. The van der Waals surface area contributed by atoms with Crippen molar-refractivity contribution in [3.63, 3.8) is 0 Å². The number of amides is 1. The summed E-state index contributed by atoms with van der Waals surface area (Å²) in [6.07, 6.45) is 6.48. The largest absolute Gasteiger partial charge is 0.507 e. The number of carbonyl (C=O) groups excluding carboxylic acids is 1. The van der Waals surface area contributed by atoms with Crippen LogP contribution < -0.4 is 5.43 Å². The molecule has 0 unspecified atom stereocenters. The summed E-state index contributed by atoms with van der Waals surface area (Å²) in [7, 11) is 0. The Morgan fingerprint density at radius 3 is 2.70 bits per heavy atom. The van der Waals surface area contributed by atoms with E-state index < -0.39 is 0 Å². The topological polar surface area (TPSA) is 61.7 Å². The molecular weight excluding hydrogens is 288 g/mol. The summed E-state index contributed by atoms with van der Waals surface area (Å²) < 4.78 is 0. The highest BCUT2D eigenvalue weighted by Gasteiger charge is 2.50. The van der Waals surface area contributed by atoms with Crippen LogP contribution in [0.3, 0.4) is 0 Å². The van der Waals surface area contributed by atoms with Gasteiger partial charge in [-0.1, -0.05) is 19.1 Å². The van der Waals surface area contributed by atoms with Crippen molar-refractivity contribution in [1.82, 2.24) is 5.43 Å². The first-order chi connectivity index (χ1) is 11.1. The van der Waals surface area contributed by atoms with Gasteiger partial charge in [0, 0.05) is 5.71 Å². The molecule has 0 aromatic heterocycles. The van der Waals surface area contributed by atoms with Crippen molar-refractivity contribution in [3.05, 3.63) is 29.8 Å². The lowest BCUT2D eigenvalue weighted by Gasteiger charge is -2.38. The van der Waals surface area contributed by atoms with E-state index in [0.29, 0.717) is 5.92 Å². The van der Waals surface area contributed by atoms with Crippen molar-refractivity contribution in [2.45, 2.75) is 39.0 Å². The van der Waals surface area contributed by atoms with Crippen LogP contribution in [0.5, 0.6) is 5.75 Å². The van der Waals surface area contributed by atoms with Crippen LogP contribution in [0.2, 0.25) is 0 Å². The monoisotopic (exact) mass is 312 g/mol. The molecule has 0 spiro atoms. The molecule has 23 heavy (non-hydrogen) atoms. The first-order valence-electron chi connectivity index (χ1n) is 8.78. The van der Waals surface area contributed by atoms with Crippen LogP contribution in [-0.4, -0.2) is 16.7 Å². The zero-order valence-corrected chi connectivity index (χ0v) is 13.5. The third-order valence-electron chi connectivity index (χ3n) is 6.36. The molecule has 0 heterocycles. The molecule has 3 aliphatic carbocycles. The molecule has 3 aliphatic rings. The van der Waals surface area contributed by atoms with Gasteiger partial charge in [-0.05, 0) is 73.8 Å². The van der Waals surface area contributed by atoms with Crippen molar-refractivity contribution in [1.29, 1.82) is 0 Å². The van der Waals surface area contributed by atoms with Gasteiger partial charge in [0.2, 0.25) is 0 Å². The molecule has 0 saturated heterocycles. The van der Waals surface area contributed by atoms with Crippen molar-refractivity contribution in [2.24, 2.45) is 34.7 Å². The second-order valence-corrected chi connectivity index (χ2v) is 7.56. The fourth-order valence-electron chi connectivity index (χ4n) is 5.21. The van der Waals surface area contributed by atoms with Gasteiger partial charge in [0.1, 0.15) is 5.75 Å². The Kier molecular flexibility index (Phi) is 3.63. The first-order valence-corrected chi connectivity index (χ1v) is 8.78. The second kappa shape index (κ2) is 5.66. The van der Waals surface area contributed by atoms with Gasteiger partial charge < -0.3 is 5.11 Å². The lowest BCUT2D eigenvalue weighted by atomic mass is 9.67. The van der Waals surface area contributed by atoms with Crippen LogP contribution in [0, 0.1) is 29.6 Å². The zero-order chi connectivity index (χ0) is 16.0. The maximum atomic E-state index is 12.2. The maximum absolute atomic E-state index is 12.2. The molecule has 0 radical (unpaired) electrons. The number of phenols is 1. The summed E-state index contributed by atoms with van der Waals surface area (Å²) in [4.78, 5) is 12.2. The Balaban J connectivity index is 1.46. The molecule has 4 heteroatoms. The lowest BCUT2D eigenvalue weighted by Crippen LogP contribution is -2.36. The van der Waals surface area contributed by atoms with Crippen LogP contribution in [0.4, 0.5) is 0 Å². The van der Waals surface area contributed by atoms with Gasteiger partial charge >= 0.3 is 0 Å². The van der Waals surface area contributed by atoms with Gasteiger partial charge in [-0.15, -0.1) is 0 Å². The molecule has 122 valence electrons. The van der Waals surface area contributed by atoms with Gasteiger partial charge in [0.25, 0.3) is 5.91 Å². The van der Waals surface area contributed by atoms with Crippen molar-refractivity contribution < 1.29 is 9.90 Å². The molecule has 3 fully saturated rings. The number of hydrogen-bond acceptors (Lipinski definition) is 3. The van der Waals surface area contributed by atoms with Crippen LogP contribution >= 0.6 is 0 Å². The summed E-state index contributed by atoms with van der Waals surface area (Å²) in [5.41, 5.74) is 4.06. The Labute approximate surface area is 137 Å². The van der Waals surface area contributed by atoms with E-state index in [2.05, 4.69) is 17.5 Å². The Hall–Kier alpha value is -1.84. The highest BCUT2D eigenvalue weighted by atomic mass is 16.3. The SMILES string of the molecule is C[C@@H]1C[C@H]2[C@H]3CC[C@@H](C3)[C@H]2C/C1=N\NC(=O)c1ccccc1O. The fourth-order valence-corrected chi connectivity index (χ4v) is 5.21. The highest BCUT2D eigenvalue weighted by Crippen LogP contribution is 2.57. The number of benzene rings is 1. The number of hydrazone groups is 1. The van der Waals surface area contributed by atoms with E-state index in [-0.39, 0.29) is 17.2 Å². The molecule has 2 N–H and O–H groups in total. The number of hydrogen-bond donors (Lipinski definition) is 2. The van der Waals surface area contributed by atoms with Crippen LogP contribution in [0.1, 0.15) is 49.4 Å². The summed E-state index contributed by atoms with van der Waals surface area (Å²) >= 11 is 0. The quantitative estimate of drug-likeness (QED) is 0.820. The number of phenolic OH excluding ortho intramolecular Hbond substituents is 1. The van der Waals surface area contributed by atoms with Crippen LogP contribution in [0.25, 0.3) is 0 Å². The van der Waals surface area contributed by atoms with Gasteiger partial charge in [0.05, 0.1) is 5.56 Å². The second-order valence-electron chi connectivity index (χ2n) is 7.56. The van der Waals surface area contributed by atoms with E-state index in [1.54, 1.807) is 18.2 Å². The molecule has 1 aromatic carbocycles. The lowest BCUT2D eigenvalue weighted by molar-refractivity contribution is 0.0951. The number of carbonyl (C=O) groups is 1. The first kappa shape index (κ1) is 14.7. The average molecular weight is 312 g/mol. The van der Waals surface area contributed by atoms with Gasteiger partial charge in [-0.25, -0.2) is 5.43 Å². The van der Waals surface area contributed by atoms with E-state index >= 15 is 0 Å². The minimum Gasteiger partial charge on any atom is -0.507 e. The number of nitrogens with zero attached hydrogens (tertiary/aromatic N) is 1. The average Bonchev–Trinajstić information content (AvgIpc) is 3.14. The number of fused-ring (bicyclic) bond motifs is 5. The van der Waals surface area contributed by atoms with Crippen molar-refractivity contribution in [2.75, 3.05) is 0 Å². The molecule has 5 atom stereocenters.